The Morgan fingerprint density at radius 2 is 2.11 bits per heavy atom. The van der Waals surface area contributed by atoms with E-state index in [-0.39, 0.29) is 0 Å². The van der Waals surface area contributed by atoms with Crippen LogP contribution in [0.3, 0.4) is 0 Å². The van der Waals surface area contributed by atoms with Gasteiger partial charge in [-0.3, -0.25) is 25.3 Å². The second kappa shape index (κ2) is 7.67. The quantitative estimate of drug-likeness (QED) is 0.355. The molecule has 19 heavy (non-hydrogen) atoms. The van der Waals surface area contributed by atoms with Gasteiger partial charge in [0.25, 0.3) is 0 Å². The summed E-state index contributed by atoms with van der Waals surface area (Å²) in [6.07, 6.45) is 8.47. The number of carbonyl (C=O) groups is 2. The van der Waals surface area contributed by atoms with Gasteiger partial charge >= 0.3 is 0 Å². The van der Waals surface area contributed by atoms with Gasteiger partial charge in [0.15, 0.2) is 5.69 Å². The molecule has 6 nitrogen and oxygen atoms in total. The van der Waals surface area contributed by atoms with E-state index in [9.17, 15) is 9.59 Å². The molecule has 0 unspecified atom stereocenters. The fourth-order valence-corrected chi connectivity index (χ4v) is 1.17. The molecular weight excluding hydrogens is 244 g/mol. The Labute approximate surface area is 110 Å². The lowest BCUT2D eigenvalue weighted by atomic mass is 10.1. The Morgan fingerprint density at radius 1 is 1.37 bits per heavy atom. The van der Waals surface area contributed by atoms with Crippen LogP contribution in [0.4, 0.5) is 5.69 Å². The molecule has 1 aromatic heterocycles. The van der Waals surface area contributed by atoms with Crippen molar-refractivity contribution in [3.05, 3.63) is 49.1 Å². The summed E-state index contributed by atoms with van der Waals surface area (Å²) >= 11 is 0. The average molecular weight is 259 g/mol. The molecule has 0 aliphatic carbocycles. The van der Waals surface area contributed by atoms with Gasteiger partial charge in [-0.15, -0.1) is 0 Å². The van der Waals surface area contributed by atoms with Crippen molar-refractivity contribution in [2.24, 2.45) is 0 Å². The van der Waals surface area contributed by atoms with Crippen LogP contribution < -0.4 is 10.6 Å². The number of hydrogen-bond donors (Lipinski definition) is 3. The van der Waals surface area contributed by atoms with Crippen LogP contribution in [0.1, 0.15) is 0 Å². The van der Waals surface area contributed by atoms with Crippen molar-refractivity contribution in [2.75, 3.05) is 7.05 Å². The van der Waals surface area contributed by atoms with Crippen molar-refractivity contribution >= 4 is 23.0 Å². The molecule has 1 heterocycles. The predicted octanol–water partition coefficient (Wildman–Crippen LogP) is -0.319. The first-order valence-corrected chi connectivity index (χ1v) is 5.57. The van der Waals surface area contributed by atoms with Gasteiger partial charge in [0, 0.05) is 37.7 Å². The van der Waals surface area contributed by atoms with E-state index < -0.39 is 17.3 Å². The summed E-state index contributed by atoms with van der Waals surface area (Å²) in [7, 11) is 1.62. The van der Waals surface area contributed by atoms with E-state index in [0.717, 1.165) is 11.8 Å². The zero-order valence-corrected chi connectivity index (χ0v) is 10.5. The number of nitrogens with one attached hydrogen (secondary N) is 2. The molecule has 6 heteroatoms. The molecule has 0 saturated heterocycles. The van der Waals surface area contributed by atoms with E-state index in [0.29, 0.717) is 0 Å². The van der Waals surface area contributed by atoms with E-state index in [1.807, 2.05) is 6.07 Å². The monoisotopic (exact) mass is 259 g/mol. The number of nitrogens with two attached hydrogens (primary N) is 1. The summed E-state index contributed by atoms with van der Waals surface area (Å²) in [5, 5.41) is 11.7. The van der Waals surface area contributed by atoms with Gasteiger partial charge < -0.3 is 5.32 Å². The molecule has 0 atom stereocenters. The highest BCUT2D eigenvalue weighted by atomic mass is 16.1. The first-order valence-electron chi connectivity index (χ1n) is 5.57. The van der Waals surface area contributed by atoms with E-state index >= 15 is 0 Å². The van der Waals surface area contributed by atoms with E-state index in [1.165, 1.54) is 18.5 Å². The number of hydrogen-bond acceptors (Lipinski definition) is 5. The number of carbonyl (C=O) groups excluding carboxylic acids is 2. The number of quaternary nitrogens is 1. The first-order chi connectivity index (χ1) is 9.15. The van der Waals surface area contributed by atoms with Crippen LogP contribution >= 0.6 is 0 Å². The second-order valence-corrected chi connectivity index (χ2v) is 3.54. The van der Waals surface area contributed by atoms with E-state index in [4.69, 9.17) is 5.41 Å². The summed E-state index contributed by atoms with van der Waals surface area (Å²) in [6.45, 7) is 0. The van der Waals surface area contributed by atoms with Crippen LogP contribution in [-0.2, 0) is 9.59 Å². The van der Waals surface area contributed by atoms with Crippen molar-refractivity contribution in [2.45, 2.75) is 0 Å². The fraction of sp³-hybridized carbons (Fsp3) is 0.0769. The molecule has 1 aromatic rings. The molecule has 0 amide bonds. The van der Waals surface area contributed by atoms with Crippen molar-refractivity contribution < 1.29 is 14.9 Å². The SMILES string of the molecule is CN/C=C/C(=O)C(=N)C(=O)/C=C\[NH2+]c1cccnc1. The van der Waals surface area contributed by atoms with Crippen molar-refractivity contribution in [1.29, 1.82) is 5.41 Å². The van der Waals surface area contributed by atoms with Gasteiger partial charge in [0.2, 0.25) is 11.6 Å². The van der Waals surface area contributed by atoms with Gasteiger partial charge in [-0.05, 0) is 6.07 Å². The molecule has 0 radical (unpaired) electrons. The van der Waals surface area contributed by atoms with Gasteiger partial charge in [-0.1, -0.05) is 0 Å². The Kier molecular flexibility index (Phi) is 5.84. The van der Waals surface area contributed by atoms with Crippen LogP contribution in [0, 0.1) is 5.41 Å². The van der Waals surface area contributed by atoms with Crippen LogP contribution in [0.5, 0.6) is 0 Å². The van der Waals surface area contributed by atoms with Gasteiger partial charge in [0.05, 0.1) is 6.20 Å². The minimum atomic E-state index is -0.634. The summed E-state index contributed by atoms with van der Waals surface area (Å²) < 4.78 is 0. The molecule has 0 fully saturated rings. The number of ketones is 2. The summed E-state index contributed by atoms with van der Waals surface area (Å²) in [5.74, 6) is -1.27. The topological polar surface area (TPSA) is 99.5 Å². The van der Waals surface area contributed by atoms with Crippen LogP contribution in [0.15, 0.2) is 49.1 Å². The third kappa shape index (κ3) is 5.05. The summed E-state index contributed by atoms with van der Waals surface area (Å²) in [5.41, 5.74) is 0.266. The minimum absolute atomic E-state index is 0.567. The number of nitrogens with zero attached hydrogens (tertiary/aromatic N) is 1. The Balaban J connectivity index is 2.53. The van der Waals surface area contributed by atoms with E-state index in [2.05, 4.69) is 10.3 Å². The average Bonchev–Trinajstić information content (AvgIpc) is 2.44. The molecule has 4 N–H and O–H groups in total. The van der Waals surface area contributed by atoms with Crippen LogP contribution in [0.25, 0.3) is 0 Å². The predicted molar refractivity (Wildman–Crippen MR) is 70.9 cm³/mol. The van der Waals surface area contributed by atoms with Crippen molar-refractivity contribution in [1.82, 2.24) is 10.3 Å². The lowest BCUT2D eigenvalue weighted by Crippen LogP contribution is -2.71. The van der Waals surface area contributed by atoms with Gasteiger partial charge in [-0.25, -0.2) is 0 Å². The molecule has 0 aromatic carbocycles. The maximum Gasteiger partial charge on any atom is 0.212 e. The number of pyridine rings is 1. The van der Waals surface area contributed by atoms with Crippen LogP contribution in [0.2, 0.25) is 0 Å². The molecule has 0 aliphatic rings. The maximum absolute atomic E-state index is 11.5. The molecule has 0 spiro atoms. The zero-order chi connectivity index (χ0) is 14.1. The van der Waals surface area contributed by atoms with Crippen molar-refractivity contribution in [3.8, 4) is 0 Å². The molecular formula is C13H15N4O2+. The van der Waals surface area contributed by atoms with Gasteiger partial charge in [-0.2, -0.15) is 0 Å². The lowest BCUT2D eigenvalue weighted by molar-refractivity contribution is -0.496. The molecule has 98 valence electrons. The third-order valence-corrected chi connectivity index (χ3v) is 2.11. The fourth-order valence-electron chi connectivity index (χ4n) is 1.17. The Bertz CT molecular complexity index is 521. The summed E-state index contributed by atoms with van der Waals surface area (Å²) in [4.78, 5) is 26.8. The molecule has 0 saturated carbocycles. The second-order valence-electron chi connectivity index (χ2n) is 3.54. The Morgan fingerprint density at radius 3 is 2.74 bits per heavy atom. The molecule has 0 aliphatic heterocycles. The van der Waals surface area contributed by atoms with Gasteiger partial charge in [0.1, 0.15) is 11.9 Å². The normalized spacial score (nSPS) is 10.8. The molecule has 0 bridgehead atoms. The lowest BCUT2D eigenvalue weighted by Gasteiger charge is -1.94. The summed E-state index contributed by atoms with van der Waals surface area (Å²) in [6, 6.07) is 3.60. The highest BCUT2D eigenvalue weighted by molar-refractivity contribution is 6.69. The highest BCUT2D eigenvalue weighted by Crippen LogP contribution is 1.92. The largest absolute Gasteiger partial charge is 0.394 e. The number of rotatable bonds is 7. The minimum Gasteiger partial charge on any atom is -0.394 e. The van der Waals surface area contributed by atoms with E-state index in [1.54, 1.807) is 30.8 Å². The zero-order valence-electron chi connectivity index (χ0n) is 10.5. The maximum atomic E-state index is 11.5. The highest BCUT2D eigenvalue weighted by Gasteiger charge is 2.13. The van der Waals surface area contributed by atoms with Crippen LogP contribution in [-0.4, -0.2) is 29.3 Å². The molecule has 1 rings (SSSR count). The number of allylic oxidation sites excluding steroid dienone is 2. The first kappa shape index (κ1) is 14.5. The smallest absolute Gasteiger partial charge is 0.212 e. The standard InChI is InChI=1S/C13H14N4O2/c1-15-7-4-11(18)13(14)12(19)5-8-17-10-3-2-6-16-9-10/h2-9,14-15,17H,1H3/p+1/b7-4+,8-5-,14-13?. The third-order valence-electron chi connectivity index (χ3n) is 2.11. The number of aromatic nitrogens is 1. The van der Waals surface area contributed by atoms with Crippen molar-refractivity contribution in [3.63, 3.8) is 0 Å². The Hall–Kier alpha value is -2.60.